The van der Waals surface area contributed by atoms with E-state index in [1.165, 1.54) is 13.8 Å². The van der Waals surface area contributed by atoms with E-state index in [4.69, 9.17) is 14.2 Å². The molecule has 2 bridgehead atoms. The molecule has 0 aromatic carbocycles. The van der Waals surface area contributed by atoms with Gasteiger partial charge in [0.2, 0.25) is 0 Å². The van der Waals surface area contributed by atoms with Gasteiger partial charge in [0.05, 0.1) is 6.10 Å². The lowest BCUT2D eigenvalue weighted by molar-refractivity contribution is -0.180. The van der Waals surface area contributed by atoms with E-state index >= 15 is 0 Å². The van der Waals surface area contributed by atoms with Gasteiger partial charge in [-0.1, -0.05) is 26.0 Å². The Bertz CT molecular complexity index is 698. The molecule has 6 nitrogen and oxygen atoms in total. The highest BCUT2D eigenvalue weighted by molar-refractivity contribution is 5.67. The van der Waals surface area contributed by atoms with Gasteiger partial charge in [0.15, 0.2) is 0 Å². The molecule has 0 amide bonds. The average molecular weight is 423 g/mol. The SMILES string of the molecule is C=C1CC[C@H](C(C)C)[C@@H]2[C@H]1[C@H]1C[C@](C)(O)[C@@H](OC(C)=O)CC[C@@](C)(OC(C)=O)[C@@H]2O1. The van der Waals surface area contributed by atoms with Crippen molar-refractivity contribution in [1.82, 2.24) is 0 Å². The fourth-order valence-electron chi connectivity index (χ4n) is 6.27. The fraction of sp³-hybridized carbons (Fsp3) is 0.833. The third kappa shape index (κ3) is 4.31. The van der Waals surface area contributed by atoms with Crippen molar-refractivity contribution in [2.45, 2.75) is 103 Å². The van der Waals surface area contributed by atoms with Crippen molar-refractivity contribution in [2.75, 3.05) is 0 Å². The van der Waals surface area contributed by atoms with E-state index in [9.17, 15) is 14.7 Å². The second-order valence-electron chi connectivity index (χ2n) is 10.4. The minimum absolute atomic E-state index is 0.0913. The van der Waals surface area contributed by atoms with Crippen molar-refractivity contribution in [1.29, 1.82) is 0 Å². The molecule has 1 saturated carbocycles. The summed E-state index contributed by atoms with van der Waals surface area (Å²) in [6.45, 7) is 15.3. The van der Waals surface area contributed by atoms with Crippen molar-refractivity contribution in [3.63, 3.8) is 0 Å². The zero-order chi connectivity index (χ0) is 22.4. The highest BCUT2D eigenvalue weighted by Crippen LogP contribution is 2.56. The van der Waals surface area contributed by atoms with E-state index in [0.29, 0.717) is 31.1 Å². The second kappa shape index (κ2) is 8.27. The number of rotatable bonds is 3. The first-order valence-electron chi connectivity index (χ1n) is 11.3. The van der Waals surface area contributed by atoms with Gasteiger partial charge in [-0.3, -0.25) is 9.59 Å². The Morgan fingerprint density at radius 3 is 2.43 bits per heavy atom. The van der Waals surface area contributed by atoms with E-state index in [1.807, 2.05) is 6.92 Å². The van der Waals surface area contributed by atoms with Gasteiger partial charge < -0.3 is 19.3 Å². The maximum Gasteiger partial charge on any atom is 0.303 e. The first-order chi connectivity index (χ1) is 13.9. The highest BCUT2D eigenvalue weighted by atomic mass is 16.6. The van der Waals surface area contributed by atoms with Gasteiger partial charge in [0.25, 0.3) is 0 Å². The summed E-state index contributed by atoms with van der Waals surface area (Å²) >= 11 is 0. The largest absolute Gasteiger partial charge is 0.460 e. The van der Waals surface area contributed by atoms with Crippen LogP contribution in [-0.4, -0.2) is 46.6 Å². The zero-order valence-electron chi connectivity index (χ0n) is 19.3. The Labute approximate surface area is 180 Å². The quantitative estimate of drug-likeness (QED) is 0.550. The topological polar surface area (TPSA) is 82.1 Å². The summed E-state index contributed by atoms with van der Waals surface area (Å²) in [7, 11) is 0. The Morgan fingerprint density at radius 1 is 1.20 bits per heavy atom. The number of hydrogen-bond donors (Lipinski definition) is 1. The third-order valence-corrected chi connectivity index (χ3v) is 7.61. The molecule has 2 aliphatic heterocycles. The number of aliphatic hydroxyl groups is 1. The van der Waals surface area contributed by atoms with E-state index in [-0.39, 0.29) is 30.0 Å². The molecule has 0 aromatic heterocycles. The Kier molecular flexibility index (Phi) is 6.41. The van der Waals surface area contributed by atoms with Crippen molar-refractivity contribution in [3.05, 3.63) is 12.2 Å². The minimum Gasteiger partial charge on any atom is -0.460 e. The summed E-state index contributed by atoms with van der Waals surface area (Å²) in [5.41, 5.74) is -0.968. The van der Waals surface area contributed by atoms with Crippen LogP contribution in [0, 0.1) is 23.7 Å². The van der Waals surface area contributed by atoms with E-state index in [1.54, 1.807) is 6.92 Å². The molecule has 0 radical (unpaired) electrons. The number of hydrogen-bond acceptors (Lipinski definition) is 6. The van der Waals surface area contributed by atoms with E-state index in [0.717, 1.165) is 18.4 Å². The van der Waals surface area contributed by atoms with Gasteiger partial charge in [-0.15, -0.1) is 0 Å². The van der Waals surface area contributed by atoms with Crippen LogP contribution in [-0.2, 0) is 23.8 Å². The summed E-state index contributed by atoms with van der Waals surface area (Å²) in [5, 5.41) is 11.3. The van der Waals surface area contributed by atoms with Crippen LogP contribution in [0.3, 0.4) is 0 Å². The number of carbonyl (C=O) groups excluding carboxylic acids is 2. The van der Waals surface area contributed by atoms with Crippen LogP contribution < -0.4 is 0 Å². The molecule has 0 aromatic rings. The van der Waals surface area contributed by atoms with Crippen molar-refractivity contribution < 1.29 is 28.9 Å². The summed E-state index contributed by atoms with van der Waals surface area (Å²) in [6.07, 6.45) is 1.95. The first kappa shape index (κ1) is 23.3. The molecule has 3 rings (SSSR count). The molecule has 3 fully saturated rings. The normalized spacial score (nSPS) is 43.9. The molecule has 8 atom stereocenters. The van der Waals surface area contributed by atoms with Gasteiger partial charge in [-0.25, -0.2) is 0 Å². The predicted octanol–water partition coefficient (Wildman–Crippen LogP) is 3.80. The molecule has 30 heavy (non-hydrogen) atoms. The Hall–Kier alpha value is -1.40. The van der Waals surface area contributed by atoms with Crippen molar-refractivity contribution in [2.24, 2.45) is 23.7 Å². The van der Waals surface area contributed by atoms with Gasteiger partial charge >= 0.3 is 11.9 Å². The summed E-state index contributed by atoms with van der Waals surface area (Å²) in [5.74, 6) is 0.384. The molecule has 1 aliphatic carbocycles. The molecular weight excluding hydrogens is 384 g/mol. The standard InChI is InChI=1S/C24H38O6/c1-13(2)17-9-8-14(3)20-18-12-23(6,27)19(28-15(4)25)10-11-24(7,30-16(5)26)22(29-18)21(17)20/h13,17-22,27H,3,8-12H2,1-2,4-7H3/t17-,18-,19+,20-,21-,22-,23+,24-/m1/s1. The van der Waals surface area contributed by atoms with Gasteiger partial charge in [0, 0.05) is 32.1 Å². The third-order valence-electron chi connectivity index (χ3n) is 7.61. The number of carbonyl (C=O) groups is 2. The molecule has 0 spiro atoms. The van der Waals surface area contributed by atoms with Gasteiger partial charge in [-0.2, -0.15) is 0 Å². The van der Waals surface area contributed by atoms with Crippen LogP contribution in [0.4, 0.5) is 0 Å². The molecular formula is C24H38O6. The lowest BCUT2D eigenvalue weighted by atomic mass is 9.60. The molecule has 170 valence electrons. The lowest BCUT2D eigenvalue weighted by Gasteiger charge is -2.46. The number of ether oxygens (including phenoxy) is 3. The molecule has 1 N–H and O–H groups in total. The maximum atomic E-state index is 12.1. The van der Waals surface area contributed by atoms with E-state index in [2.05, 4.69) is 20.4 Å². The molecule has 0 unspecified atom stereocenters. The molecule has 3 aliphatic rings. The smallest absolute Gasteiger partial charge is 0.303 e. The monoisotopic (exact) mass is 422 g/mol. The Morgan fingerprint density at radius 2 is 1.87 bits per heavy atom. The Balaban J connectivity index is 2.07. The second-order valence-corrected chi connectivity index (χ2v) is 10.4. The van der Waals surface area contributed by atoms with Crippen LogP contribution in [0.15, 0.2) is 12.2 Å². The van der Waals surface area contributed by atoms with Crippen LogP contribution in [0.2, 0.25) is 0 Å². The van der Waals surface area contributed by atoms with E-state index < -0.39 is 23.3 Å². The maximum absolute atomic E-state index is 12.1. The summed E-state index contributed by atoms with van der Waals surface area (Å²) in [6, 6.07) is 0. The zero-order valence-corrected chi connectivity index (χ0v) is 19.3. The average Bonchev–Trinajstić information content (AvgIpc) is 2.98. The first-order valence-corrected chi connectivity index (χ1v) is 11.3. The van der Waals surface area contributed by atoms with Crippen LogP contribution in [0.25, 0.3) is 0 Å². The summed E-state index contributed by atoms with van der Waals surface area (Å²) in [4.78, 5) is 23.8. The predicted molar refractivity (Wildman–Crippen MR) is 113 cm³/mol. The molecule has 2 saturated heterocycles. The van der Waals surface area contributed by atoms with Gasteiger partial charge in [-0.05, 0) is 51.4 Å². The lowest BCUT2D eigenvalue weighted by Crippen LogP contribution is -2.52. The van der Waals surface area contributed by atoms with Crippen LogP contribution in [0.1, 0.15) is 73.6 Å². The van der Waals surface area contributed by atoms with Crippen LogP contribution in [0.5, 0.6) is 0 Å². The minimum atomic E-state index is -1.25. The fourth-order valence-corrected chi connectivity index (χ4v) is 6.27. The molecule has 2 heterocycles. The number of fused-ring (bicyclic) bond motifs is 5. The number of esters is 2. The van der Waals surface area contributed by atoms with Crippen molar-refractivity contribution >= 4 is 11.9 Å². The molecule has 6 heteroatoms. The summed E-state index contributed by atoms with van der Waals surface area (Å²) < 4.78 is 18.1. The highest BCUT2D eigenvalue weighted by Gasteiger charge is 2.60. The van der Waals surface area contributed by atoms with Gasteiger partial charge in [0.1, 0.15) is 23.4 Å². The van der Waals surface area contributed by atoms with Crippen molar-refractivity contribution in [3.8, 4) is 0 Å². The van der Waals surface area contributed by atoms with Crippen LogP contribution >= 0.6 is 0 Å².